The summed E-state index contributed by atoms with van der Waals surface area (Å²) in [6, 6.07) is 3.44. The molecule has 0 heterocycles. The van der Waals surface area contributed by atoms with Crippen molar-refractivity contribution in [1.82, 2.24) is 5.32 Å². The Bertz CT molecular complexity index is 401. The van der Waals surface area contributed by atoms with Crippen molar-refractivity contribution in [3.05, 3.63) is 29.8 Å². The highest BCUT2D eigenvalue weighted by atomic mass is 19.2. The molecule has 1 atom stereocenters. The van der Waals surface area contributed by atoms with Crippen molar-refractivity contribution in [1.29, 1.82) is 0 Å². The van der Waals surface area contributed by atoms with Crippen molar-refractivity contribution in [3.8, 4) is 5.75 Å². The number of hydrogen-bond acceptors (Lipinski definition) is 3. The second-order valence-electron chi connectivity index (χ2n) is 4.82. The number of rotatable bonds is 8. The molecule has 108 valence electrons. The molecule has 0 saturated carbocycles. The fourth-order valence-electron chi connectivity index (χ4n) is 1.61. The molecular weight excluding hydrogens is 252 g/mol. The van der Waals surface area contributed by atoms with E-state index in [2.05, 4.69) is 5.32 Å². The van der Waals surface area contributed by atoms with Gasteiger partial charge in [0.1, 0.15) is 5.75 Å². The van der Waals surface area contributed by atoms with Crippen LogP contribution in [0, 0.1) is 11.6 Å². The zero-order valence-electron chi connectivity index (χ0n) is 11.4. The Balaban J connectivity index is 2.45. The largest absolute Gasteiger partial charge is 0.493 e. The molecule has 2 N–H and O–H groups in total. The monoisotopic (exact) mass is 273 g/mol. The third-order valence-corrected chi connectivity index (χ3v) is 2.96. The van der Waals surface area contributed by atoms with Gasteiger partial charge in [-0.15, -0.1) is 0 Å². The van der Waals surface area contributed by atoms with Crippen molar-refractivity contribution in [2.24, 2.45) is 0 Å². The molecule has 0 aliphatic carbocycles. The maximum Gasteiger partial charge on any atom is 0.162 e. The molecular formula is C14H21F2NO2. The summed E-state index contributed by atoms with van der Waals surface area (Å²) in [6.07, 6.45) is 1.54. The van der Waals surface area contributed by atoms with E-state index in [1.807, 2.05) is 13.8 Å². The van der Waals surface area contributed by atoms with Crippen molar-refractivity contribution in [2.45, 2.75) is 32.2 Å². The number of hydrogen-bond donors (Lipinski definition) is 2. The highest BCUT2D eigenvalue weighted by Crippen LogP contribution is 2.17. The third-order valence-electron chi connectivity index (χ3n) is 2.96. The van der Waals surface area contributed by atoms with Crippen LogP contribution >= 0.6 is 0 Å². The topological polar surface area (TPSA) is 41.5 Å². The first-order valence-corrected chi connectivity index (χ1v) is 6.44. The summed E-state index contributed by atoms with van der Waals surface area (Å²) in [6.45, 7) is 5.06. The van der Waals surface area contributed by atoms with Crippen LogP contribution in [0.1, 0.15) is 26.7 Å². The number of benzene rings is 1. The van der Waals surface area contributed by atoms with E-state index in [9.17, 15) is 13.9 Å². The molecule has 0 amide bonds. The van der Waals surface area contributed by atoms with Crippen LogP contribution in [0.4, 0.5) is 8.78 Å². The molecule has 0 radical (unpaired) electrons. The lowest BCUT2D eigenvalue weighted by molar-refractivity contribution is 0.144. The van der Waals surface area contributed by atoms with Crippen molar-refractivity contribution < 1.29 is 18.6 Å². The van der Waals surface area contributed by atoms with E-state index < -0.39 is 17.2 Å². The normalized spacial score (nSPS) is 14.2. The van der Waals surface area contributed by atoms with Crippen LogP contribution in [-0.2, 0) is 0 Å². The van der Waals surface area contributed by atoms with Gasteiger partial charge in [-0.05, 0) is 32.0 Å². The summed E-state index contributed by atoms with van der Waals surface area (Å²) in [4.78, 5) is 0. The first-order chi connectivity index (χ1) is 9.00. The summed E-state index contributed by atoms with van der Waals surface area (Å²) in [5.74, 6) is -1.53. The first kappa shape index (κ1) is 15.9. The molecule has 1 rings (SSSR count). The second kappa shape index (κ2) is 7.40. The van der Waals surface area contributed by atoms with Gasteiger partial charge in [0.05, 0.1) is 13.2 Å². The molecule has 0 fully saturated rings. The van der Waals surface area contributed by atoms with Gasteiger partial charge in [0.15, 0.2) is 11.6 Å². The Morgan fingerprint density at radius 3 is 2.63 bits per heavy atom. The zero-order valence-corrected chi connectivity index (χ0v) is 11.4. The standard InChI is InChI=1S/C14H21F2NO2/c1-3-7-17-14(2,10-18)6-8-19-11-4-5-12(15)13(16)9-11/h4-5,9,17-18H,3,6-8,10H2,1-2H3. The minimum atomic E-state index is -0.925. The summed E-state index contributed by atoms with van der Waals surface area (Å²) < 4.78 is 31.1. The molecule has 0 saturated heterocycles. The predicted molar refractivity (Wildman–Crippen MR) is 70.3 cm³/mol. The van der Waals surface area contributed by atoms with Gasteiger partial charge >= 0.3 is 0 Å². The third kappa shape index (κ3) is 5.12. The molecule has 0 spiro atoms. The maximum atomic E-state index is 13.0. The Morgan fingerprint density at radius 1 is 1.32 bits per heavy atom. The van der Waals surface area contributed by atoms with Crippen molar-refractivity contribution in [3.63, 3.8) is 0 Å². The number of halogens is 2. The summed E-state index contributed by atoms with van der Waals surface area (Å²) in [5, 5.41) is 12.6. The van der Waals surface area contributed by atoms with E-state index in [4.69, 9.17) is 4.74 Å². The van der Waals surface area contributed by atoms with Crippen LogP contribution in [0.3, 0.4) is 0 Å². The van der Waals surface area contributed by atoms with E-state index in [-0.39, 0.29) is 12.4 Å². The minimum Gasteiger partial charge on any atom is -0.493 e. The lowest BCUT2D eigenvalue weighted by Crippen LogP contribution is -2.47. The molecule has 0 aliphatic heterocycles. The van der Waals surface area contributed by atoms with Gasteiger partial charge in [0, 0.05) is 18.0 Å². The Morgan fingerprint density at radius 2 is 2.05 bits per heavy atom. The van der Waals surface area contributed by atoms with Crippen LogP contribution in [0.25, 0.3) is 0 Å². The van der Waals surface area contributed by atoms with Crippen LogP contribution in [0.15, 0.2) is 18.2 Å². The quantitative estimate of drug-likeness (QED) is 0.764. The summed E-state index contributed by atoms with van der Waals surface area (Å²) in [7, 11) is 0. The van der Waals surface area contributed by atoms with E-state index in [1.54, 1.807) is 0 Å². The maximum absolute atomic E-state index is 13.0. The molecule has 1 aromatic carbocycles. The van der Waals surface area contributed by atoms with Gasteiger partial charge < -0.3 is 15.2 Å². The first-order valence-electron chi connectivity index (χ1n) is 6.44. The Kier molecular flexibility index (Phi) is 6.18. The van der Waals surface area contributed by atoms with Crippen molar-refractivity contribution >= 4 is 0 Å². The average Bonchev–Trinajstić information content (AvgIpc) is 2.40. The predicted octanol–water partition coefficient (Wildman–Crippen LogP) is 2.48. The molecule has 3 nitrogen and oxygen atoms in total. The van der Waals surface area contributed by atoms with Crippen LogP contribution < -0.4 is 10.1 Å². The fraction of sp³-hybridized carbons (Fsp3) is 0.571. The van der Waals surface area contributed by atoms with Gasteiger partial charge in [-0.1, -0.05) is 6.92 Å². The second-order valence-corrected chi connectivity index (χ2v) is 4.82. The van der Waals surface area contributed by atoms with Gasteiger partial charge in [-0.2, -0.15) is 0 Å². The van der Waals surface area contributed by atoms with Crippen LogP contribution in [0.5, 0.6) is 5.75 Å². The van der Waals surface area contributed by atoms with E-state index >= 15 is 0 Å². The molecule has 19 heavy (non-hydrogen) atoms. The number of nitrogens with one attached hydrogen (secondary N) is 1. The lowest BCUT2D eigenvalue weighted by Gasteiger charge is -2.28. The number of aliphatic hydroxyl groups is 1. The fourth-order valence-corrected chi connectivity index (χ4v) is 1.61. The van der Waals surface area contributed by atoms with Gasteiger partial charge in [0.2, 0.25) is 0 Å². The van der Waals surface area contributed by atoms with Crippen LogP contribution in [-0.4, -0.2) is 30.4 Å². The molecule has 0 aliphatic rings. The highest BCUT2D eigenvalue weighted by Gasteiger charge is 2.22. The molecule has 1 unspecified atom stereocenters. The highest BCUT2D eigenvalue weighted by molar-refractivity contribution is 5.23. The molecule has 5 heteroatoms. The Labute approximate surface area is 112 Å². The van der Waals surface area contributed by atoms with E-state index in [0.717, 1.165) is 25.1 Å². The minimum absolute atomic E-state index is 0.00581. The smallest absolute Gasteiger partial charge is 0.162 e. The summed E-state index contributed by atoms with van der Waals surface area (Å²) >= 11 is 0. The van der Waals surface area contributed by atoms with E-state index in [1.165, 1.54) is 6.07 Å². The van der Waals surface area contributed by atoms with Gasteiger partial charge in [-0.3, -0.25) is 0 Å². The summed E-state index contributed by atoms with van der Waals surface area (Å²) in [5.41, 5.74) is -0.422. The van der Waals surface area contributed by atoms with Crippen LogP contribution in [0.2, 0.25) is 0 Å². The van der Waals surface area contributed by atoms with Crippen molar-refractivity contribution in [2.75, 3.05) is 19.8 Å². The average molecular weight is 273 g/mol. The van der Waals surface area contributed by atoms with Gasteiger partial charge in [-0.25, -0.2) is 8.78 Å². The Hall–Kier alpha value is -1.20. The lowest BCUT2D eigenvalue weighted by atomic mass is 9.99. The molecule has 0 bridgehead atoms. The van der Waals surface area contributed by atoms with E-state index in [0.29, 0.717) is 13.0 Å². The number of aliphatic hydroxyl groups excluding tert-OH is 1. The number of ether oxygens (including phenoxy) is 1. The van der Waals surface area contributed by atoms with Gasteiger partial charge in [0.25, 0.3) is 0 Å². The zero-order chi connectivity index (χ0) is 14.3. The molecule has 1 aromatic rings. The SMILES string of the molecule is CCCNC(C)(CO)CCOc1ccc(F)c(F)c1. The molecule has 0 aromatic heterocycles.